The van der Waals surface area contributed by atoms with Gasteiger partial charge in [-0.1, -0.05) is 18.2 Å². The first-order chi connectivity index (χ1) is 9.29. The summed E-state index contributed by atoms with van der Waals surface area (Å²) in [4.78, 5) is 11.3. The predicted octanol–water partition coefficient (Wildman–Crippen LogP) is 2.59. The largest absolute Gasteiger partial charge is 0.478 e. The first kappa shape index (κ1) is 14.2. The molecule has 0 fully saturated rings. The minimum atomic E-state index is -3.31. The summed E-state index contributed by atoms with van der Waals surface area (Å²) < 4.78 is 35.8. The number of carboxylic acid groups (broad SMARTS) is 1. The highest BCUT2D eigenvalue weighted by Crippen LogP contribution is 2.26. The third kappa shape index (κ3) is 2.85. The van der Waals surface area contributed by atoms with Crippen molar-refractivity contribution in [2.75, 3.05) is 6.26 Å². The maximum absolute atomic E-state index is 13.1. The van der Waals surface area contributed by atoms with E-state index >= 15 is 0 Å². The van der Waals surface area contributed by atoms with Gasteiger partial charge in [0, 0.05) is 6.26 Å². The molecular weight excluding hydrogens is 283 g/mol. The van der Waals surface area contributed by atoms with E-state index in [9.17, 15) is 17.6 Å². The molecule has 20 heavy (non-hydrogen) atoms. The van der Waals surface area contributed by atoms with E-state index in [-0.39, 0.29) is 10.5 Å². The second-order valence-corrected chi connectivity index (χ2v) is 6.31. The van der Waals surface area contributed by atoms with E-state index in [0.717, 1.165) is 18.4 Å². The van der Waals surface area contributed by atoms with E-state index < -0.39 is 21.6 Å². The third-order valence-electron chi connectivity index (χ3n) is 2.81. The van der Waals surface area contributed by atoms with Gasteiger partial charge in [0.1, 0.15) is 5.82 Å². The summed E-state index contributed by atoms with van der Waals surface area (Å²) in [7, 11) is -3.31. The van der Waals surface area contributed by atoms with Crippen molar-refractivity contribution < 1.29 is 22.7 Å². The number of carboxylic acids is 1. The maximum atomic E-state index is 13.1. The molecule has 104 valence electrons. The number of aromatic carboxylic acids is 1. The molecule has 2 rings (SSSR count). The number of halogens is 1. The number of benzene rings is 2. The predicted molar refractivity (Wildman–Crippen MR) is 71.9 cm³/mol. The minimum Gasteiger partial charge on any atom is -0.478 e. The Morgan fingerprint density at radius 2 is 1.70 bits per heavy atom. The quantitative estimate of drug-likeness (QED) is 0.944. The van der Waals surface area contributed by atoms with Crippen molar-refractivity contribution in [1.29, 1.82) is 0 Å². The van der Waals surface area contributed by atoms with Crippen LogP contribution in [0.3, 0.4) is 0 Å². The maximum Gasteiger partial charge on any atom is 0.336 e. The van der Waals surface area contributed by atoms with Crippen LogP contribution >= 0.6 is 0 Å². The average Bonchev–Trinajstić information content (AvgIpc) is 2.37. The smallest absolute Gasteiger partial charge is 0.336 e. The highest BCUT2D eigenvalue weighted by Gasteiger charge is 2.14. The summed E-state index contributed by atoms with van der Waals surface area (Å²) in [6, 6.07) is 9.22. The molecule has 0 amide bonds. The Morgan fingerprint density at radius 3 is 2.20 bits per heavy atom. The molecule has 0 atom stereocenters. The Morgan fingerprint density at radius 1 is 1.10 bits per heavy atom. The zero-order valence-electron chi connectivity index (χ0n) is 10.5. The lowest BCUT2D eigenvalue weighted by Gasteiger charge is -2.07. The Labute approximate surface area is 115 Å². The number of rotatable bonds is 3. The van der Waals surface area contributed by atoms with E-state index in [4.69, 9.17) is 5.11 Å². The van der Waals surface area contributed by atoms with Crippen LogP contribution in [-0.4, -0.2) is 25.7 Å². The SMILES string of the molecule is CS(=O)(=O)c1ccc(-c2ccc(F)cc2C(=O)O)cc1. The van der Waals surface area contributed by atoms with Gasteiger partial charge < -0.3 is 5.11 Å². The van der Waals surface area contributed by atoms with Crippen LogP contribution in [-0.2, 0) is 9.84 Å². The van der Waals surface area contributed by atoms with Crippen LogP contribution in [0.4, 0.5) is 4.39 Å². The lowest BCUT2D eigenvalue weighted by Crippen LogP contribution is -2.01. The van der Waals surface area contributed by atoms with Crippen LogP contribution in [0.15, 0.2) is 47.4 Å². The Bertz CT molecular complexity index is 764. The van der Waals surface area contributed by atoms with Gasteiger partial charge in [-0.15, -0.1) is 0 Å². The Kier molecular flexibility index (Phi) is 3.59. The standard InChI is InChI=1S/C14H11FO4S/c1-20(18,19)11-5-2-9(3-6-11)12-7-4-10(15)8-13(12)14(16)17/h2-8H,1H3,(H,16,17). The molecule has 0 spiro atoms. The van der Waals surface area contributed by atoms with Crippen LogP contribution in [0.2, 0.25) is 0 Å². The van der Waals surface area contributed by atoms with Crippen LogP contribution in [0.5, 0.6) is 0 Å². The lowest BCUT2D eigenvalue weighted by molar-refractivity contribution is 0.0697. The van der Waals surface area contributed by atoms with Crippen molar-refractivity contribution in [2.45, 2.75) is 4.90 Å². The summed E-state index contributed by atoms with van der Waals surface area (Å²) in [5.74, 6) is -1.88. The molecule has 0 aliphatic heterocycles. The lowest BCUT2D eigenvalue weighted by atomic mass is 10.00. The topological polar surface area (TPSA) is 71.4 Å². The fourth-order valence-corrected chi connectivity index (χ4v) is 2.46. The molecule has 6 heteroatoms. The Balaban J connectivity index is 2.55. The normalized spacial score (nSPS) is 11.3. The van der Waals surface area contributed by atoms with Gasteiger partial charge in [-0.25, -0.2) is 17.6 Å². The van der Waals surface area contributed by atoms with Crippen molar-refractivity contribution in [3.8, 4) is 11.1 Å². The highest BCUT2D eigenvalue weighted by molar-refractivity contribution is 7.90. The molecule has 0 aromatic heterocycles. The van der Waals surface area contributed by atoms with Crippen LogP contribution in [0, 0.1) is 5.82 Å². The zero-order chi connectivity index (χ0) is 14.9. The van der Waals surface area contributed by atoms with Crippen molar-refractivity contribution in [1.82, 2.24) is 0 Å². The summed E-state index contributed by atoms with van der Waals surface area (Å²) in [6.07, 6.45) is 1.09. The second kappa shape index (κ2) is 5.05. The van der Waals surface area contributed by atoms with Crippen molar-refractivity contribution in [3.63, 3.8) is 0 Å². The Hall–Kier alpha value is -2.21. The molecule has 0 saturated carbocycles. The number of hydrogen-bond acceptors (Lipinski definition) is 3. The summed E-state index contributed by atoms with van der Waals surface area (Å²) in [5.41, 5.74) is 0.672. The monoisotopic (exact) mass is 294 g/mol. The van der Waals surface area contributed by atoms with E-state index in [1.807, 2.05) is 0 Å². The minimum absolute atomic E-state index is 0.139. The molecule has 0 aliphatic carbocycles. The molecular formula is C14H11FO4S. The van der Waals surface area contributed by atoms with Gasteiger partial charge >= 0.3 is 5.97 Å². The molecule has 2 aromatic rings. The fraction of sp³-hybridized carbons (Fsp3) is 0.0714. The molecule has 1 N–H and O–H groups in total. The van der Waals surface area contributed by atoms with Gasteiger partial charge in [0.05, 0.1) is 10.5 Å². The molecule has 0 radical (unpaired) electrons. The van der Waals surface area contributed by atoms with E-state index in [2.05, 4.69) is 0 Å². The van der Waals surface area contributed by atoms with Crippen molar-refractivity contribution in [3.05, 3.63) is 53.8 Å². The summed E-state index contributed by atoms with van der Waals surface area (Å²) >= 11 is 0. The first-order valence-electron chi connectivity index (χ1n) is 5.62. The van der Waals surface area contributed by atoms with Crippen LogP contribution in [0.25, 0.3) is 11.1 Å². The molecule has 0 unspecified atom stereocenters. The summed E-state index contributed by atoms with van der Waals surface area (Å²) in [5, 5.41) is 9.07. The molecule has 2 aromatic carbocycles. The van der Waals surface area contributed by atoms with E-state index in [1.54, 1.807) is 0 Å². The third-order valence-corrected chi connectivity index (χ3v) is 3.93. The number of carbonyl (C=O) groups is 1. The number of sulfone groups is 1. The van der Waals surface area contributed by atoms with Gasteiger partial charge in [0.15, 0.2) is 9.84 Å². The first-order valence-corrected chi connectivity index (χ1v) is 7.51. The molecule has 0 aliphatic rings. The van der Waals surface area contributed by atoms with Gasteiger partial charge in [0.25, 0.3) is 0 Å². The highest BCUT2D eigenvalue weighted by atomic mass is 32.2. The second-order valence-electron chi connectivity index (χ2n) is 4.29. The van der Waals surface area contributed by atoms with Gasteiger partial charge in [-0.2, -0.15) is 0 Å². The van der Waals surface area contributed by atoms with E-state index in [0.29, 0.717) is 11.1 Å². The van der Waals surface area contributed by atoms with Gasteiger partial charge in [-0.3, -0.25) is 0 Å². The molecule has 4 nitrogen and oxygen atoms in total. The summed E-state index contributed by atoms with van der Waals surface area (Å²) in [6.45, 7) is 0. The van der Waals surface area contributed by atoms with Gasteiger partial charge in [0.2, 0.25) is 0 Å². The molecule has 0 heterocycles. The van der Waals surface area contributed by atoms with Crippen LogP contribution < -0.4 is 0 Å². The zero-order valence-corrected chi connectivity index (χ0v) is 11.3. The fourth-order valence-electron chi connectivity index (χ4n) is 1.83. The average molecular weight is 294 g/mol. The van der Waals surface area contributed by atoms with Crippen LogP contribution in [0.1, 0.15) is 10.4 Å². The molecule has 0 saturated heterocycles. The number of hydrogen-bond donors (Lipinski definition) is 1. The molecule has 0 bridgehead atoms. The van der Waals surface area contributed by atoms with Crippen molar-refractivity contribution >= 4 is 15.8 Å². The van der Waals surface area contributed by atoms with Crippen molar-refractivity contribution in [2.24, 2.45) is 0 Å². The van der Waals surface area contributed by atoms with E-state index in [1.165, 1.54) is 30.3 Å². The van der Waals surface area contributed by atoms with Gasteiger partial charge in [-0.05, 0) is 35.4 Å².